The average Bonchev–Trinajstić information content (AvgIpc) is 3.34. The number of para-hydroxylation sites is 1. The number of imide groups is 1. The van der Waals surface area contributed by atoms with Crippen LogP contribution in [0.5, 0.6) is 11.5 Å². The molecule has 1 N–H and O–H groups in total. The summed E-state index contributed by atoms with van der Waals surface area (Å²) >= 11 is 0.657. The molecule has 3 aromatic rings. The van der Waals surface area contributed by atoms with E-state index >= 15 is 0 Å². The third-order valence-corrected chi connectivity index (χ3v) is 5.69. The van der Waals surface area contributed by atoms with Crippen molar-refractivity contribution in [3.8, 4) is 11.5 Å². The molecular weight excluding hydrogens is 436 g/mol. The Labute approximate surface area is 184 Å². The number of nitrogens with zero attached hydrogens (tertiary/aromatic N) is 1. The van der Waals surface area contributed by atoms with E-state index in [4.69, 9.17) is 13.9 Å². The van der Waals surface area contributed by atoms with Crippen molar-refractivity contribution in [2.75, 3.05) is 18.7 Å². The first-order chi connectivity index (χ1) is 15.5. The van der Waals surface area contributed by atoms with Gasteiger partial charge in [-0.3, -0.25) is 19.3 Å². The molecule has 160 valence electrons. The summed E-state index contributed by atoms with van der Waals surface area (Å²) in [5.74, 6) is -0.158. The molecule has 2 aliphatic heterocycles. The number of carbonyl (C=O) groups is 3. The average molecular weight is 450 g/mol. The zero-order chi connectivity index (χ0) is 22.2. The number of benzene rings is 2. The lowest BCUT2D eigenvalue weighted by Gasteiger charge is -2.12. The Balaban J connectivity index is 1.32. The first kappa shape index (κ1) is 19.9. The van der Waals surface area contributed by atoms with Crippen LogP contribution < -0.4 is 20.4 Å². The molecule has 1 aromatic heterocycles. The highest BCUT2D eigenvalue weighted by Crippen LogP contribution is 2.35. The summed E-state index contributed by atoms with van der Waals surface area (Å²) < 4.78 is 15.7. The number of amides is 3. The monoisotopic (exact) mass is 450 g/mol. The molecule has 5 rings (SSSR count). The molecule has 3 amide bonds. The zero-order valence-corrected chi connectivity index (χ0v) is 17.1. The summed E-state index contributed by atoms with van der Waals surface area (Å²) in [6.07, 6.45) is 1.30. The SMILES string of the molecule is O=C(CN1C(=O)S/C(=C/c2cc3ccccc3oc2=O)C1=O)Nc1ccc2c(c1)OCO2. The third-order valence-electron chi connectivity index (χ3n) is 4.79. The van der Waals surface area contributed by atoms with Crippen LogP contribution in [0.25, 0.3) is 17.0 Å². The minimum Gasteiger partial charge on any atom is -0.454 e. The van der Waals surface area contributed by atoms with Crippen LogP contribution in [0.15, 0.2) is 62.6 Å². The minimum absolute atomic E-state index is 0.0356. The van der Waals surface area contributed by atoms with E-state index in [-0.39, 0.29) is 17.3 Å². The van der Waals surface area contributed by atoms with Crippen molar-refractivity contribution in [3.63, 3.8) is 0 Å². The Kier molecular flexibility index (Phi) is 4.91. The van der Waals surface area contributed by atoms with Gasteiger partial charge in [0.1, 0.15) is 12.1 Å². The number of fused-ring (bicyclic) bond motifs is 2. The van der Waals surface area contributed by atoms with E-state index < -0.39 is 29.2 Å². The van der Waals surface area contributed by atoms with Crippen molar-refractivity contribution >= 4 is 51.5 Å². The summed E-state index contributed by atoms with van der Waals surface area (Å²) in [5.41, 5.74) is 0.369. The highest BCUT2D eigenvalue weighted by molar-refractivity contribution is 8.18. The number of rotatable bonds is 4. The first-order valence-electron chi connectivity index (χ1n) is 9.46. The van der Waals surface area contributed by atoms with Crippen molar-refractivity contribution in [2.24, 2.45) is 0 Å². The van der Waals surface area contributed by atoms with Crippen LogP contribution in [-0.4, -0.2) is 35.3 Å². The Morgan fingerprint density at radius 3 is 2.75 bits per heavy atom. The van der Waals surface area contributed by atoms with Crippen LogP contribution >= 0.6 is 11.8 Å². The van der Waals surface area contributed by atoms with E-state index in [0.717, 1.165) is 4.90 Å². The van der Waals surface area contributed by atoms with Gasteiger partial charge in [0.25, 0.3) is 11.1 Å². The van der Waals surface area contributed by atoms with Crippen molar-refractivity contribution in [2.45, 2.75) is 0 Å². The second-order valence-electron chi connectivity index (χ2n) is 6.91. The van der Waals surface area contributed by atoms with Crippen molar-refractivity contribution < 1.29 is 28.3 Å². The van der Waals surface area contributed by atoms with Crippen molar-refractivity contribution in [1.82, 2.24) is 4.90 Å². The standard InChI is InChI=1S/C22H14N2O7S/c25-19(23-14-5-6-16-17(9-14)30-11-29-16)10-24-20(26)18(32-22(24)28)8-13-7-12-3-1-2-4-15(12)31-21(13)27/h1-9H,10-11H2,(H,23,25)/b18-8+. The maximum absolute atomic E-state index is 12.7. The summed E-state index contributed by atoms with van der Waals surface area (Å²) in [5, 5.41) is 2.70. The van der Waals surface area contributed by atoms with Crippen molar-refractivity contribution in [1.29, 1.82) is 0 Å². The largest absolute Gasteiger partial charge is 0.454 e. The second kappa shape index (κ2) is 7.89. The number of ether oxygens (including phenoxy) is 2. The smallest absolute Gasteiger partial charge is 0.343 e. The predicted octanol–water partition coefficient (Wildman–Crippen LogP) is 3.20. The topological polar surface area (TPSA) is 115 Å². The van der Waals surface area contributed by atoms with Gasteiger partial charge >= 0.3 is 5.63 Å². The molecule has 1 saturated heterocycles. The summed E-state index contributed by atoms with van der Waals surface area (Å²) in [4.78, 5) is 50.5. The van der Waals surface area contributed by atoms with Crippen LogP contribution in [0.3, 0.4) is 0 Å². The Hall–Kier alpha value is -4.05. The van der Waals surface area contributed by atoms with Gasteiger partial charge in [0, 0.05) is 17.1 Å². The van der Waals surface area contributed by atoms with Gasteiger partial charge in [-0.2, -0.15) is 0 Å². The molecule has 0 bridgehead atoms. The van der Waals surface area contributed by atoms with Gasteiger partial charge in [0.05, 0.1) is 10.5 Å². The van der Waals surface area contributed by atoms with E-state index in [1.165, 1.54) is 6.08 Å². The number of hydrogen-bond acceptors (Lipinski definition) is 8. The molecule has 9 nitrogen and oxygen atoms in total. The van der Waals surface area contributed by atoms with E-state index in [9.17, 15) is 19.2 Å². The molecule has 0 unspecified atom stereocenters. The summed E-state index contributed by atoms with van der Waals surface area (Å²) in [6.45, 7) is -0.367. The normalized spacial score (nSPS) is 16.2. The first-order valence-corrected chi connectivity index (χ1v) is 10.3. The molecule has 0 spiro atoms. The fourth-order valence-electron chi connectivity index (χ4n) is 3.27. The van der Waals surface area contributed by atoms with E-state index in [2.05, 4.69) is 5.32 Å². The number of hydrogen-bond donors (Lipinski definition) is 1. The lowest BCUT2D eigenvalue weighted by atomic mass is 10.2. The highest BCUT2D eigenvalue weighted by Gasteiger charge is 2.36. The molecular formula is C22H14N2O7S. The van der Waals surface area contributed by atoms with Crippen molar-refractivity contribution in [3.05, 3.63) is 69.4 Å². The lowest BCUT2D eigenvalue weighted by molar-refractivity contribution is -0.127. The Morgan fingerprint density at radius 1 is 1.06 bits per heavy atom. The van der Waals surface area contributed by atoms with Gasteiger partial charge < -0.3 is 19.2 Å². The third kappa shape index (κ3) is 3.71. The number of nitrogens with one attached hydrogen (secondary N) is 1. The molecule has 3 heterocycles. The number of anilines is 1. The van der Waals surface area contributed by atoms with Crippen LogP contribution in [0, 0.1) is 0 Å². The molecule has 0 radical (unpaired) electrons. The molecule has 10 heteroatoms. The minimum atomic E-state index is -0.659. The van der Waals surface area contributed by atoms with Crippen LogP contribution in [0.4, 0.5) is 10.5 Å². The van der Waals surface area contributed by atoms with Gasteiger partial charge in [-0.05, 0) is 42.1 Å². The number of carbonyl (C=O) groups excluding carboxylic acids is 3. The van der Waals surface area contributed by atoms with Gasteiger partial charge in [-0.1, -0.05) is 18.2 Å². The molecule has 32 heavy (non-hydrogen) atoms. The molecule has 0 aliphatic carbocycles. The van der Waals surface area contributed by atoms with Crippen LogP contribution in [0.2, 0.25) is 0 Å². The molecule has 1 fully saturated rings. The van der Waals surface area contributed by atoms with Gasteiger partial charge in [0.15, 0.2) is 11.5 Å². The van der Waals surface area contributed by atoms with Crippen LogP contribution in [0.1, 0.15) is 5.56 Å². The molecule has 2 aliphatic rings. The van der Waals surface area contributed by atoms with E-state index in [1.807, 2.05) is 0 Å². The maximum atomic E-state index is 12.7. The van der Waals surface area contributed by atoms with Gasteiger partial charge in [0.2, 0.25) is 12.7 Å². The fraction of sp³-hybridized carbons (Fsp3) is 0.0909. The quantitative estimate of drug-likeness (QED) is 0.476. The second-order valence-corrected chi connectivity index (χ2v) is 7.90. The van der Waals surface area contributed by atoms with Gasteiger partial charge in [-0.15, -0.1) is 0 Å². The van der Waals surface area contributed by atoms with E-state index in [1.54, 1.807) is 48.5 Å². The predicted molar refractivity (Wildman–Crippen MR) is 116 cm³/mol. The number of thioether (sulfide) groups is 1. The molecule has 2 aromatic carbocycles. The summed E-state index contributed by atoms with van der Waals surface area (Å²) in [6, 6.07) is 13.4. The zero-order valence-electron chi connectivity index (χ0n) is 16.3. The molecule has 0 atom stereocenters. The Morgan fingerprint density at radius 2 is 1.88 bits per heavy atom. The van der Waals surface area contributed by atoms with Crippen LogP contribution in [-0.2, 0) is 9.59 Å². The maximum Gasteiger partial charge on any atom is 0.343 e. The highest BCUT2D eigenvalue weighted by atomic mass is 32.2. The Bertz CT molecular complexity index is 1380. The van der Waals surface area contributed by atoms with E-state index in [0.29, 0.717) is 39.9 Å². The fourth-order valence-corrected chi connectivity index (χ4v) is 4.10. The lowest BCUT2D eigenvalue weighted by Crippen LogP contribution is -2.36. The van der Waals surface area contributed by atoms with Gasteiger partial charge in [-0.25, -0.2) is 4.79 Å². The molecule has 0 saturated carbocycles. The summed E-state index contributed by atoms with van der Waals surface area (Å²) in [7, 11) is 0.